The lowest BCUT2D eigenvalue weighted by Crippen LogP contribution is -2.44. The summed E-state index contributed by atoms with van der Waals surface area (Å²) in [5.41, 5.74) is 6.07. The molecule has 1 fully saturated rings. The van der Waals surface area contributed by atoms with Crippen LogP contribution in [0.25, 0.3) is 5.95 Å². The molecule has 10 heteroatoms. The number of nitrogens with zero attached hydrogens (tertiary/aromatic N) is 5. The van der Waals surface area contributed by atoms with Gasteiger partial charge >= 0.3 is 0 Å². The van der Waals surface area contributed by atoms with Gasteiger partial charge in [-0.15, -0.1) is 5.10 Å². The zero-order valence-corrected chi connectivity index (χ0v) is 14.4. The maximum Gasteiger partial charge on any atom is 0.252 e. The van der Waals surface area contributed by atoms with Gasteiger partial charge in [0.15, 0.2) is 9.84 Å². The Balaban J connectivity index is 2.05. The molecular formula is C14H20N6O3S. The number of ether oxygens (including phenoxy) is 1. The molecule has 9 nitrogen and oxygen atoms in total. The highest BCUT2D eigenvalue weighted by Crippen LogP contribution is 2.20. The topological polar surface area (TPSA) is 116 Å². The first kappa shape index (κ1) is 16.7. The highest BCUT2D eigenvalue weighted by Gasteiger charge is 2.22. The second kappa shape index (κ2) is 6.36. The number of nitrogen functional groups attached to an aromatic ring is 1. The molecule has 1 aliphatic rings. The van der Waals surface area contributed by atoms with E-state index in [9.17, 15) is 8.42 Å². The molecule has 0 unspecified atom stereocenters. The number of rotatable bonds is 4. The smallest absolute Gasteiger partial charge is 0.252 e. The van der Waals surface area contributed by atoms with Crippen LogP contribution in [0.3, 0.4) is 0 Å². The monoisotopic (exact) mass is 352 g/mol. The van der Waals surface area contributed by atoms with Gasteiger partial charge in [0.1, 0.15) is 11.6 Å². The SMILES string of the molecule is C[C@H]1COCCN1c1cc(CS(C)(=O)=O)nc(-n2ccc(N)n2)n1. The molecule has 1 atom stereocenters. The third-order valence-electron chi connectivity index (χ3n) is 3.64. The van der Waals surface area contributed by atoms with E-state index < -0.39 is 9.84 Å². The van der Waals surface area contributed by atoms with Crippen LogP contribution in [0.1, 0.15) is 12.6 Å². The first-order chi connectivity index (χ1) is 11.3. The van der Waals surface area contributed by atoms with E-state index in [0.29, 0.717) is 43.0 Å². The third-order valence-corrected chi connectivity index (χ3v) is 4.46. The van der Waals surface area contributed by atoms with Crippen molar-refractivity contribution in [3.05, 3.63) is 24.0 Å². The summed E-state index contributed by atoms with van der Waals surface area (Å²) in [6.45, 7) is 3.90. The standard InChI is InChI=1S/C14H20N6O3S/c1-10-8-23-6-5-19(10)13-7-11(9-24(2,21)22)16-14(17-13)20-4-3-12(15)18-20/h3-4,7,10H,5-6,8-9H2,1-2H3,(H2,15,18)/t10-/m0/s1. The molecule has 3 rings (SSSR count). The Morgan fingerprint density at radius 2 is 2.21 bits per heavy atom. The first-order valence-electron chi connectivity index (χ1n) is 7.53. The van der Waals surface area contributed by atoms with Gasteiger partial charge in [-0.3, -0.25) is 0 Å². The lowest BCUT2D eigenvalue weighted by atomic mass is 10.2. The second-order valence-electron chi connectivity index (χ2n) is 5.89. The molecule has 0 aromatic carbocycles. The van der Waals surface area contributed by atoms with E-state index in [2.05, 4.69) is 20.0 Å². The Hall–Kier alpha value is -2.20. The summed E-state index contributed by atoms with van der Waals surface area (Å²) < 4.78 is 30.2. The van der Waals surface area contributed by atoms with Crippen LogP contribution in [0, 0.1) is 0 Å². The molecule has 0 aliphatic carbocycles. The zero-order chi connectivity index (χ0) is 17.3. The van der Waals surface area contributed by atoms with Crippen LogP contribution in [0.2, 0.25) is 0 Å². The molecule has 1 aliphatic heterocycles. The van der Waals surface area contributed by atoms with E-state index in [0.717, 1.165) is 0 Å². The van der Waals surface area contributed by atoms with Gasteiger partial charge in [-0.2, -0.15) is 4.98 Å². The van der Waals surface area contributed by atoms with E-state index in [1.165, 1.54) is 10.9 Å². The number of nitrogens with two attached hydrogens (primary N) is 1. The molecule has 0 radical (unpaired) electrons. The van der Waals surface area contributed by atoms with E-state index >= 15 is 0 Å². The molecule has 0 spiro atoms. The fourth-order valence-corrected chi connectivity index (χ4v) is 3.26. The van der Waals surface area contributed by atoms with Crippen molar-refractivity contribution in [2.24, 2.45) is 0 Å². The molecule has 2 N–H and O–H groups in total. The highest BCUT2D eigenvalue weighted by molar-refractivity contribution is 7.89. The maximum absolute atomic E-state index is 11.7. The highest BCUT2D eigenvalue weighted by atomic mass is 32.2. The van der Waals surface area contributed by atoms with Crippen molar-refractivity contribution in [1.82, 2.24) is 19.7 Å². The molecule has 0 amide bonds. The summed E-state index contributed by atoms with van der Waals surface area (Å²) in [6.07, 6.45) is 2.82. The fourth-order valence-electron chi connectivity index (χ4n) is 2.58. The Morgan fingerprint density at radius 1 is 1.42 bits per heavy atom. The van der Waals surface area contributed by atoms with Crippen molar-refractivity contribution in [2.45, 2.75) is 18.7 Å². The molecular weight excluding hydrogens is 332 g/mol. The van der Waals surface area contributed by atoms with Gasteiger partial charge in [-0.05, 0) is 6.92 Å². The van der Waals surface area contributed by atoms with Gasteiger partial charge in [0, 0.05) is 31.1 Å². The van der Waals surface area contributed by atoms with Crippen molar-refractivity contribution in [3.63, 3.8) is 0 Å². The molecule has 24 heavy (non-hydrogen) atoms. The molecule has 0 bridgehead atoms. The summed E-state index contributed by atoms with van der Waals surface area (Å²) in [7, 11) is -3.22. The van der Waals surface area contributed by atoms with Gasteiger partial charge < -0.3 is 15.4 Å². The predicted octanol–water partition coefficient (Wildman–Crippen LogP) is 0.0142. The van der Waals surface area contributed by atoms with Gasteiger partial charge in [0.25, 0.3) is 5.95 Å². The van der Waals surface area contributed by atoms with Crippen LogP contribution < -0.4 is 10.6 Å². The first-order valence-corrected chi connectivity index (χ1v) is 9.59. The third kappa shape index (κ3) is 3.82. The minimum Gasteiger partial charge on any atom is -0.382 e. The summed E-state index contributed by atoms with van der Waals surface area (Å²) >= 11 is 0. The van der Waals surface area contributed by atoms with Crippen LogP contribution in [-0.4, -0.2) is 60.2 Å². The number of hydrogen-bond acceptors (Lipinski definition) is 8. The number of aromatic nitrogens is 4. The average molecular weight is 352 g/mol. The number of morpholine rings is 1. The van der Waals surface area contributed by atoms with E-state index in [4.69, 9.17) is 10.5 Å². The Morgan fingerprint density at radius 3 is 2.83 bits per heavy atom. The number of hydrogen-bond donors (Lipinski definition) is 1. The second-order valence-corrected chi connectivity index (χ2v) is 8.03. The minimum absolute atomic E-state index is 0.135. The fraction of sp³-hybridized carbons (Fsp3) is 0.500. The Bertz CT molecular complexity index is 835. The van der Waals surface area contributed by atoms with Crippen LogP contribution in [0.4, 0.5) is 11.6 Å². The maximum atomic E-state index is 11.7. The van der Waals surface area contributed by atoms with Crippen LogP contribution >= 0.6 is 0 Å². The largest absolute Gasteiger partial charge is 0.382 e. The van der Waals surface area contributed by atoms with E-state index in [1.807, 2.05) is 6.92 Å². The van der Waals surface area contributed by atoms with Gasteiger partial charge in [0.05, 0.1) is 30.7 Å². The summed E-state index contributed by atoms with van der Waals surface area (Å²) in [6, 6.07) is 3.47. The van der Waals surface area contributed by atoms with Crippen molar-refractivity contribution in [2.75, 3.05) is 36.6 Å². The van der Waals surface area contributed by atoms with Crippen molar-refractivity contribution < 1.29 is 13.2 Å². The number of sulfone groups is 1. The van der Waals surface area contributed by atoms with Gasteiger partial charge in [-0.1, -0.05) is 0 Å². The quantitative estimate of drug-likeness (QED) is 0.818. The average Bonchev–Trinajstić information content (AvgIpc) is 2.92. The van der Waals surface area contributed by atoms with Crippen LogP contribution in [0.15, 0.2) is 18.3 Å². The summed E-state index contributed by atoms with van der Waals surface area (Å²) in [5, 5.41) is 4.10. The Labute approximate surface area is 140 Å². The zero-order valence-electron chi connectivity index (χ0n) is 13.6. The predicted molar refractivity (Wildman–Crippen MR) is 89.7 cm³/mol. The van der Waals surface area contributed by atoms with Crippen molar-refractivity contribution in [3.8, 4) is 5.95 Å². The molecule has 0 saturated carbocycles. The molecule has 2 aromatic heterocycles. The molecule has 1 saturated heterocycles. The molecule has 2 aromatic rings. The molecule has 3 heterocycles. The van der Waals surface area contributed by atoms with Crippen LogP contribution in [-0.2, 0) is 20.3 Å². The summed E-state index contributed by atoms with van der Waals surface area (Å²) in [4.78, 5) is 10.9. The minimum atomic E-state index is -3.22. The van der Waals surface area contributed by atoms with Gasteiger partial charge in [0.2, 0.25) is 0 Å². The van der Waals surface area contributed by atoms with Crippen molar-refractivity contribution >= 4 is 21.5 Å². The lowest BCUT2D eigenvalue weighted by Gasteiger charge is -2.34. The number of anilines is 2. The van der Waals surface area contributed by atoms with E-state index in [-0.39, 0.29) is 11.8 Å². The van der Waals surface area contributed by atoms with E-state index in [1.54, 1.807) is 18.3 Å². The summed E-state index contributed by atoms with van der Waals surface area (Å²) in [5.74, 6) is 1.13. The normalized spacial score (nSPS) is 18.8. The molecule has 130 valence electrons. The lowest BCUT2D eigenvalue weighted by molar-refractivity contribution is 0.0985. The van der Waals surface area contributed by atoms with Gasteiger partial charge in [-0.25, -0.2) is 18.1 Å². The Kier molecular flexibility index (Phi) is 4.41. The van der Waals surface area contributed by atoms with Crippen molar-refractivity contribution in [1.29, 1.82) is 0 Å². The van der Waals surface area contributed by atoms with Crippen LogP contribution in [0.5, 0.6) is 0 Å².